The molecular weight excluding hydrogens is 769 g/mol. The molecule has 0 aliphatic heterocycles. The maximum absolute atomic E-state index is 12.8. The van der Waals surface area contributed by atoms with Crippen LogP contribution < -0.4 is 0 Å². The van der Waals surface area contributed by atoms with Gasteiger partial charge < -0.3 is 14.2 Å². The summed E-state index contributed by atoms with van der Waals surface area (Å²) >= 11 is 0. The molecule has 6 heteroatoms. The molecule has 0 saturated carbocycles. The lowest BCUT2D eigenvalue weighted by molar-refractivity contribution is -0.167. The fourth-order valence-corrected chi connectivity index (χ4v) is 8.49. The van der Waals surface area contributed by atoms with Gasteiger partial charge in [-0.1, -0.05) is 272 Å². The Hall–Kier alpha value is -1.59. The molecule has 0 aliphatic carbocycles. The van der Waals surface area contributed by atoms with E-state index in [1.165, 1.54) is 199 Å². The minimum Gasteiger partial charge on any atom is -0.462 e. The molecule has 0 saturated heterocycles. The van der Waals surface area contributed by atoms with Gasteiger partial charge in [-0.15, -0.1) is 0 Å². The van der Waals surface area contributed by atoms with Crippen molar-refractivity contribution in [2.75, 3.05) is 13.2 Å². The summed E-state index contributed by atoms with van der Waals surface area (Å²) in [4.78, 5) is 38.0. The summed E-state index contributed by atoms with van der Waals surface area (Å²) in [6.07, 6.45) is 50.9. The summed E-state index contributed by atoms with van der Waals surface area (Å²) in [6, 6.07) is 0. The Kier molecular flexibility index (Phi) is 47.6. The quantitative estimate of drug-likeness (QED) is 0.0344. The summed E-state index contributed by atoms with van der Waals surface area (Å²) in [5.74, 6) is 0.820. The fourth-order valence-electron chi connectivity index (χ4n) is 8.49. The van der Waals surface area contributed by atoms with Gasteiger partial charge in [-0.05, 0) is 31.1 Å². The molecule has 0 rings (SSSR count). The third-order valence-electron chi connectivity index (χ3n) is 13.1. The average molecular weight is 877 g/mol. The molecule has 62 heavy (non-hydrogen) atoms. The standard InChI is InChI=1S/C56H108O6/c1-6-8-9-10-11-12-13-14-15-16-17-18-19-20-21-26-33-38-43-48-56(59)62-53(50-61-55(58)47-42-37-32-28-27-30-35-40-45-52(5)7-2)49-60-54(57)46-41-36-31-25-23-22-24-29-34-39-44-51(3)4/h51-53H,6-50H2,1-5H3/t52?,53-/m1/s1. The monoisotopic (exact) mass is 877 g/mol. The first-order chi connectivity index (χ1) is 30.3. The molecule has 0 aromatic heterocycles. The van der Waals surface area contributed by atoms with E-state index in [2.05, 4.69) is 34.6 Å². The van der Waals surface area contributed by atoms with Crippen molar-refractivity contribution in [1.82, 2.24) is 0 Å². The van der Waals surface area contributed by atoms with Gasteiger partial charge in [-0.25, -0.2) is 0 Å². The van der Waals surface area contributed by atoms with Crippen LogP contribution in [0.3, 0.4) is 0 Å². The molecule has 2 atom stereocenters. The summed E-state index contributed by atoms with van der Waals surface area (Å²) in [5, 5.41) is 0. The molecule has 0 heterocycles. The number of esters is 3. The Balaban J connectivity index is 4.28. The predicted molar refractivity (Wildman–Crippen MR) is 266 cm³/mol. The van der Waals surface area contributed by atoms with Crippen molar-refractivity contribution < 1.29 is 28.6 Å². The normalized spacial score (nSPS) is 12.5. The molecule has 368 valence electrons. The first-order valence-corrected chi connectivity index (χ1v) is 27.8. The van der Waals surface area contributed by atoms with Gasteiger partial charge in [0, 0.05) is 19.3 Å². The van der Waals surface area contributed by atoms with Crippen LogP contribution in [0.25, 0.3) is 0 Å². The fraction of sp³-hybridized carbons (Fsp3) is 0.946. The van der Waals surface area contributed by atoms with Gasteiger partial charge in [0.1, 0.15) is 13.2 Å². The van der Waals surface area contributed by atoms with Crippen molar-refractivity contribution in [3.8, 4) is 0 Å². The number of carbonyl (C=O) groups excluding carboxylic acids is 3. The van der Waals surface area contributed by atoms with Gasteiger partial charge in [0.15, 0.2) is 6.10 Å². The number of rotatable bonds is 50. The highest BCUT2D eigenvalue weighted by Crippen LogP contribution is 2.18. The van der Waals surface area contributed by atoms with Crippen molar-refractivity contribution >= 4 is 17.9 Å². The molecular formula is C56H108O6. The van der Waals surface area contributed by atoms with Crippen LogP contribution in [-0.2, 0) is 28.6 Å². The van der Waals surface area contributed by atoms with Crippen molar-refractivity contribution in [1.29, 1.82) is 0 Å². The molecule has 6 nitrogen and oxygen atoms in total. The summed E-state index contributed by atoms with van der Waals surface area (Å²) in [5.41, 5.74) is 0. The highest BCUT2D eigenvalue weighted by atomic mass is 16.6. The molecule has 0 amide bonds. The number of hydrogen-bond acceptors (Lipinski definition) is 6. The minimum absolute atomic E-state index is 0.0639. The van der Waals surface area contributed by atoms with Crippen LogP contribution in [0.5, 0.6) is 0 Å². The van der Waals surface area contributed by atoms with Crippen LogP contribution in [0, 0.1) is 11.8 Å². The van der Waals surface area contributed by atoms with Crippen LogP contribution in [-0.4, -0.2) is 37.2 Å². The smallest absolute Gasteiger partial charge is 0.306 e. The second-order valence-corrected chi connectivity index (χ2v) is 19.9. The average Bonchev–Trinajstić information content (AvgIpc) is 3.26. The lowest BCUT2D eigenvalue weighted by Gasteiger charge is -2.18. The van der Waals surface area contributed by atoms with E-state index in [4.69, 9.17) is 14.2 Å². The van der Waals surface area contributed by atoms with Gasteiger partial charge in [0.05, 0.1) is 0 Å². The Morgan fingerprint density at radius 1 is 0.339 bits per heavy atom. The minimum atomic E-state index is -0.763. The highest BCUT2D eigenvalue weighted by Gasteiger charge is 2.19. The maximum atomic E-state index is 12.8. The van der Waals surface area contributed by atoms with E-state index < -0.39 is 6.10 Å². The molecule has 0 aliphatic rings. The molecule has 0 aromatic rings. The van der Waals surface area contributed by atoms with E-state index in [-0.39, 0.29) is 31.1 Å². The third kappa shape index (κ3) is 47.9. The van der Waals surface area contributed by atoms with E-state index in [0.717, 1.165) is 69.6 Å². The van der Waals surface area contributed by atoms with Crippen molar-refractivity contribution in [2.45, 2.75) is 317 Å². The number of carbonyl (C=O) groups is 3. The summed E-state index contributed by atoms with van der Waals surface area (Å²) < 4.78 is 16.8. The van der Waals surface area contributed by atoms with E-state index in [0.29, 0.717) is 19.3 Å². The Morgan fingerprint density at radius 3 is 0.919 bits per heavy atom. The van der Waals surface area contributed by atoms with Crippen LogP contribution in [0.4, 0.5) is 0 Å². The zero-order chi connectivity index (χ0) is 45.4. The van der Waals surface area contributed by atoms with E-state index in [1.807, 2.05) is 0 Å². The molecule has 0 aromatic carbocycles. The molecule has 0 radical (unpaired) electrons. The molecule has 0 spiro atoms. The highest BCUT2D eigenvalue weighted by molar-refractivity contribution is 5.71. The van der Waals surface area contributed by atoms with Crippen LogP contribution >= 0.6 is 0 Å². The number of ether oxygens (including phenoxy) is 3. The van der Waals surface area contributed by atoms with Crippen molar-refractivity contribution in [3.05, 3.63) is 0 Å². The second kappa shape index (κ2) is 48.9. The molecule has 0 fully saturated rings. The lowest BCUT2D eigenvalue weighted by atomic mass is 9.99. The van der Waals surface area contributed by atoms with E-state index >= 15 is 0 Å². The number of hydrogen-bond donors (Lipinski definition) is 0. The van der Waals surface area contributed by atoms with Crippen molar-refractivity contribution in [3.63, 3.8) is 0 Å². The van der Waals surface area contributed by atoms with E-state index in [1.54, 1.807) is 0 Å². The van der Waals surface area contributed by atoms with Gasteiger partial charge in [-0.2, -0.15) is 0 Å². The first-order valence-electron chi connectivity index (χ1n) is 27.8. The third-order valence-corrected chi connectivity index (χ3v) is 13.1. The van der Waals surface area contributed by atoms with Crippen LogP contribution in [0.1, 0.15) is 311 Å². The van der Waals surface area contributed by atoms with E-state index in [9.17, 15) is 14.4 Å². The predicted octanol–water partition coefficient (Wildman–Crippen LogP) is 18.1. The zero-order valence-corrected chi connectivity index (χ0v) is 42.5. The van der Waals surface area contributed by atoms with Gasteiger partial charge >= 0.3 is 17.9 Å². The zero-order valence-electron chi connectivity index (χ0n) is 42.5. The van der Waals surface area contributed by atoms with Crippen LogP contribution in [0.2, 0.25) is 0 Å². The summed E-state index contributed by atoms with van der Waals surface area (Å²) in [7, 11) is 0. The maximum Gasteiger partial charge on any atom is 0.306 e. The molecule has 0 bridgehead atoms. The Bertz CT molecular complexity index is 949. The van der Waals surface area contributed by atoms with Gasteiger partial charge in [0.25, 0.3) is 0 Å². The van der Waals surface area contributed by atoms with Gasteiger partial charge in [-0.3, -0.25) is 14.4 Å². The second-order valence-electron chi connectivity index (χ2n) is 19.9. The van der Waals surface area contributed by atoms with Crippen molar-refractivity contribution in [2.24, 2.45) is 11.8 Å². The lowest BCUT2D eigenvalue weighted by Crippen LogP contribution is -2.30. The molecule has 1 unspecified atom stereocenters. The Morgan fingerprint density at radius 2 is 0.613 bits per heavy atom. The SMILES string of the molecule is CCCCCCCCCCCCCCCCCCCCCC(=O)O[C@H](COC(=O)CCCCCCCCCCCCC(C)C)COC(=O)CCCCCCCCCCC(C)CC. The Labute approximate surface area is 387 Å². The van der Waals surface area contributed by atoms with Gasteiger partial charge in [0.2, 0.25) is 0 Å². The topological polar surface area (TPSA) is 78.9 Å². The first kappa shape index (κ1) is 60.4. The largest absolute Gasteiger partial charge is 0.462 e. The summed E-state index contributed by atoms with van der Waals surface area (Å²) in [6.45, 7) is 11.4. The number of unbranched alkanes of at least 4 members (excludes halogenated alkanes) is 34. The van der Waals surface area contributed by atoms with Crippen LogP contribution in [0.15, 0.2) is 0 Å². The molecule has 0 N–H and O–H groups in total.